The number of nitrogens with zero attached hydrogens (tertiary/aromatic N) is 3. The van der Waals surface area contributed by atoms with Crippen molar-refractivity contribution in [3.05, 3.63) is 15.9 Å². The van der Waals surface area contributed by atoms with Gasteiger partial charge in [0.1, 0.15) is 0 Å². The van der Waals surface area contributed by atoms with Crippen molar-refractivity contribution in [3.63, 3.8) is 0 Å². The summed E-state index contributed by atoms with van der Waals surface area (Å²) in [6.45, 7) is 14.1. The summed E-state index contributed by atoms with van der Waals surface area (Å²) in [7, 11) is 0. The van der Waals surface area contributed by atoms with E-state index in [2.05, 4.69) is 63.6 Å². The molecule has 1 aliphatic rings. The summed E-state index contributed by atoms with van der Waals surface area (Å²) in [5, 5.41) is 8.23. The second-order valence-corrected chi connectivity index (χ2v) is 6.97. The van der Waals surface area contributed by atoms with E-state index in [4.69, 9.17) is 0 Å². The van der Waals surface area contributed by atoms with Gasteiger partial charge in [0.15, 0.2) is 0 Å². The maximum absolute atomic E-state index is 4.59. The summed E-state index contributed by atoms with van der Waals surface area (Å²) in [5.41, 5.74) is 2.41. The molecular formula is C15H27BrN4. The van der Waals surface area contributed by atoms with E-state index in [1.54, 1.807) is 0 Å². The third-order valence-electron chi connectivity index (χ3n) is 3.92. The standard InChI is InChI=1S/C15H27BrN4/c1-5-20-14(15(16)12(4)18-20)10-19-7-6-17-13(9-19)8-11(2)3/h11,13,17H,5-10H2,1-4H3. The Hall–Kier alpha value is -0.390. The summed E-state index contributed by atoms with van der Waals surface area (Å²) in [4.78, 5) is 2.55. The summed E-state index contributed by atoms with van der Waals surface area (Å²) >= 11 is 3.70. The lowest BCUT2D eigenvalue weighted by atomic mass is 10.0. The number of rotatable bonds is 5. The average molecular weight is 343 g/mol. The third kappa shape index (κ3) is 3.83. The number of aromatic nitrogens is 2. The van der Waals surface area contributed by atoms with Gasteiger partial charge in [0, 0.05) is 38.8 Å². The number of piperazine rings is 1. The van der Waals surface area contributed by atoms with Crippen LogP contribution < -0.4 is 5.32 Å². The van der Waals surface area contributed by atoms with Gasteiger partial charge in [0.25, 0.3) is 0 Å². The van der Waals surface area contributed by atoms with Crippen LogP contribution in [0, 0.1) is 12.8 Å². The average Bonchev–Trinajstić information content (AvgIpc) is 2.66. The first-order chi connectivity index (χ1) is 9.51. The van der Waals surface area contributed by atoms with Gasteiger partial charge in [-0.3, -0.25) is 9.58 Å². The van der Waals surface area contributed by atoms with Crippen LogP contribution in [-0.4, -0.2) is 40.4 Å². The summed E-state index contributed by atoms with van der Waals surface area (Å²) in [6.07, 6.45) is 1.25. The number of hydrogen-bond donors (Lipinski definition) is 1. The lowest BCUT2D eigenvalue weighted by molar-refractivity contribution is 0.175. The molecule has 1 aromatic rings. The Bertz CT molecular complexity index is 441. The Balaban J connectivity index is 2.02. The fraction of sp³-hybridized carbons (Fsp3) is 0.800. The van der Waals surface area contributed by atoms with Gasteiger partial charge in [-0.2, -0.15) is 5.10 Å². The van der Waals surface area contributed by atoms with Crippen LogP contribution in [0.25, 0.3) is 0 Å². The molecule has 1 N–H and O–H groups in total. The van der Waals surface area contributed by atoms with Gasteiger partial charge < -0.3 is 5.32 Å². The first kappa shape index (κ1) is 16.0. The predicted octanol–water partition coefficient (Wildman–Crippen LogP) is 2.79. The molecule has 1 aliphatic heterocycles. The van der Waals surface area contributed by atoms with Crippen LogP contribution >= 0.6 is 15.9 Å². The second kappa shape index (κ2) is 7.05. The number of nitrogens with one attached hydrogen (secondary N) is 1. The van der Waals surface area contributed by atoms with Gasteiger partial charge in [0.05, 0.1) is 15.9 Å². The van der Waals surface area contributed by atoms with Gasteiger partial charge in [-0.15, -0.1) is 0 Å². The Labute approximate surface area is 131 Å². The molecular weight excluding hydrogens is 316 g/mol. The fourth-order valence-corrected chi connectivity index (χ4v) is 3.41. The topological polar surface area (TPSA) is 33.1 Å². The van der Waals surface area contributed by atoms with Crippen LogP contribution in [0.3, 0.4) is 0 Å². The highest BCUT2D eigenvalue weighted by molar-refractivity contribution is 9.10. The molecule has 0 amide bonds. The Morgan fingerprint density at radius 2 is 2.20 bits per heavy atom. The van der Waals surface area contributed by atoms with E-state index in [9.17, 15) is 0 Å². The quantitative estimate of drug-likeness (QED) is 0.893. The zero-order valence-electron chi connectivity index (χ0n) is 13.1. The van der Waals surface area contributed by atoms with Crippen LogP contribution in [0.1, 0.15) is 38.6 Å². The van der Waals surface area contributed by atoms with Crippen molar-refractivity contribution in [2.45, 2.75) is 53.2 Å². The SMILES string of the molecule is CCn1nc(C)c(Br)c1CN1CCNC(CC(C)C)C1. The molecule has 2 heterocycles. The molecule has 0 aromatic carbocycles. The van der Waals surface area contributed by atoms with Gasteiger partial charge in [0.2, 0.25) is 0 Å². The number of hydrogen-bond acceptors (Lipinski definition) is 3. The van der Waals surface area contributed by atoms with E-state index < -0.39 is 0 Å². The molecule has 1 atom stereocenters. The zero-order chi connectivity index (χ0) is 14.7. The molecule has 4 nitrogen and oxygen atoms in total. The molecule has 1 aromatic heterocycles. The molecule has 2 rings (SSSR count). The summed E-state index contributed by atoms with van der Waals surface area (Å²) in [6, 6.07) is 0.627. The van der Waals surface area contributed by atoms with E-state index in [-0.39, 0.29) is 0 Å². The molecule has 1 unspecified atom stereocenters. The molecule has 0 spiro atoms. The van der Waals surface area contributed by atoms with Crippen LogP contribution in [0.5, 0.6) is 0 Å². The maximum Gasteiger partial charge on any atom is 0.0739 e. The molecule has 0 aliphatic carbocycles. The van der Waals surface area contributed by atoms with Crippen molar-refractivity contribution in [2.24, 2.45) is 5.92 Å². The molecule has 0 radical (unpaired) electrons. The largest absolute Gasteiger partial charge is 0.311 e. The number of aryl methyl sites for hydroxylation is 2. The number of halogens is 1. The highest BCUT2D eigenvalue weighted by Gasteiger charge is 2.22. The fourth-order valence-electron chi connectivity index (χ4n) is 3.00. The molecule has 0 saturated carbocycles. The highest BCUT2D eigenvalue weighted by Crippen LogP contribution is 2.23. The lowest BCUT2D eigenvalue weighted by Gasteiger charge is -2.34. The van der Waals surface area contributed by atoms with Crippen molar-refractivity contribution < 1.29 is 0 Å². The zero-order valence-corrected chi connectivity index (χ0v) is 14.7. The molecule has 5 heteroatoms. The molecule has 20 heavy (non-hydrogen) atoms. The Morgan fingerprint density at radius 3 is 2.85 bits per heavy atom. The van der Waals surface area contributed by atoms with Crippen molar-refractivity contribution in [2.75, 3.05) is 19.6 Å². The van der Waals surface area contributed by atoms with E-state index in [0.29, 0.717) is 6.04 Å². The lowest BCUT2D eigenvalue weighted by Crippen LogP contribution is -2.50. The van der Waals surface area contributed by atoms with Crippen molar-refractivity contribution in [1.29, 1.82) is 0 Å². The normalized spacial score (nSPS) is 20.8. The third-order valence-corrected chi connectivity index (χ3v) is 4.95. The van der Waals surface area contributed by atoms with Crippen LogP contribution in [0.15, 0.2) is 4.47 Å². The monoisotopic (exact) mass is 342 g/mol. The Kier molecular flexibility index (Phi) is 5.64. The predicted molar refractivity (Wildman–Crippen MR) is 86.9 cm³/mol. The van der Waals surface area contributed by atoms with Crippen LogP contribution in [0.4, 0.5) is 0 Å². The van der Waals surface area contributed by atoms with Crippen LogP contribution in [0.2, 0.25) is 0 Å². The minimum Gasteiger partial charge on any atom is -0.311 e. The van der Waals surface area contributed by atoms with E-state index in [1.165, 1.54) is 16.6 Å². The van der Waals surface area contributed by atoms with Crippen molar-refractivity contribution in [1.82, 2.24) is 20.0 Å². The second-order valence-electron chi connectivity index (χ2n) is 6.18. The van der Waals surface area contributed by atoms with Gasteiger partial charge in [-0.25, -0.2) is 0 Å². The summed E-state index contributed by atoms with van der Waals surface area (Å²) in [5.74, 6) is 0.752. The molecule has 1 fully saturated rings. The molecule has 0 bridgehead atoms. The van der Waals surface area contributed by atoms with Gasteiger partial charge in [-0.05, 0) is 42.1 Å². The van der Waals surface area contributed by atoms with Gasteiger partial charge >= 0.3 is 0 Å². The summed E-state index contributed by atoms with van der Waals surface area (Å²) < 4.78 is 3.30. The molecule has 1 saturated heterocycles. The van der Waals surface area contributed by atoms with Crippen molar-refractivity contribution in [3.8, 4) is 0 Å². The van der Waals surface area contributed by atoms with E-state index in [0.717, 1.165) is 44.3 Å². The van der Waals surface area contributed by atoms with E-state index >= 15 is 0 Å². The van der Waals surface area contributed by atoms with Crippen LogP contribution in [-0.2, 0) is 13.1 Å². The molecule has 114 valence electrons. The smallest absolute Gasteiger partial charge is 0.0739 e. The van der Waals surface area contributed by atoms with Gasteiger partial charge in [-0.1, -0.05) is 13.8 Å². The first-order valence-electron chi connectivity index (χ1n) is 7.68. The highest BCUT2D eigenvalue weighted by atomic mass is 79.9. The first-order valence-corrected chi connectivity index (χ1v) is 8.48. The minimum absolute atomic E-state index is 0.627. The van der Waals surface area contributed by atoms with E-state index in [1.807, 2.05) is 0 Å². The Morgan fingerprint density at radius 1 is 1.45 bits per heavy atom. The van der Waals surface area contributed by atoms with Crippen molar-refractivity contribution >= 4 is 15.9 Å². The maximum atomic E-state index is 4.59. The minimum atomic E-state index is 0.627.